The van der Waals surface area contributed by atoms with Crippen LogP contribution in [0.25, 0.3) is 11.1 Å². The molecule has 38 heavy (non-hydrogen) atoms. The van der Waals surface area contributed by atoms with E-state index in [0.717, 1.165) is 60.3 Å². The van der Waals surface area contributed by atoms with Crippen LogP contribution >= 0.6 is 0 Å². The normalized spacial score (nSPS) is 20.3. The molecule has 198 valence electrons. The maximum atomic E-state index is 13.6. The van der Waals surface area contributed by atoms with E-state index in [0.29, 0.717) is 12.2 Å². The van der Waals surface area contributed by atoms with Gasteiger partial charge in [0.25, 0.3) is 0 Å². The maximum Gasteiger partial charge on any atom is 0.422 e. The minimum Gasteiger partial charge on any atom is -0.369 e. The Morgan fingerprint density at radius 2 is 1.84 bits per heavy atom. The summed E-state index contributed by atoms with van der Waals surface area (Å²) in [6, 6.07) is 13.0. The van der Waals surface area contributed by atoms with Gasteiger partial charge in [-0.25, -0.2) is 9.97 Å². The van der Waals surface area contributed by atoms with Gasteiger partial charge in [-0.3, -0.25) is 4.99 Å². The lowest BCUT2D eigenvalue weighted by Gasteiger charge is -2.26. The number of alkyl halides is 3. The number of rotatable bonds is 8. The van der Waals surface area contributed by atoms with Crippen molar-refractivity contribution in [2.75, 3.05) is 31.5 Å². The molecule has 1 atom stereocenters. The maximum absolute atomic E-state index is 13.6. The first-order chi connectivity index (χ1) is 18.3. The summed E-state index contributed by atoms with van der Waals surface area (Å²) in [6.07, 6.45) is 2.54. The van der Waals surface area contributed by atoms with Crippen LogP contribution in [0.4, 0.5) is 19.0 Å². The van der Waals surface area contributed by atoms with E-state index < -0.39 is 11.7 Å². The Kier molecular flexibility index (Phi) is 6.46. The number of halogens is 3. The summed E-state index contributed by atoms with van der Waals surface area (Å²) in [4.78, 5) is 15.9. The Labute approximate surface area is 221 Å². The number of piperidine rings is 1. The van der Waals surface area contributed by atoms with Crippen molar-refractivity contribution < 1.29 is 13.2 Å². The minimum absolute atomic E-state index is 0.141. The molecule has 3 heterocycles. The lowest BCUT2D eigenvalue weighted by molar-refractivity contribution is -0.156. The van der Waals surface area contributed by atoms with Crippen molar-refractivity contribution in [3.05, 3.63) is 76.2 Å². The molecular formula is C30H32F3N5. The van der Waals surface area contributed by atoms with E-state index in [-0.39, 0.29) is 5.56 Å². The highest BCUT2D eigenvalue weighted by Gasteiger charge is 2.61. The SMILES string of the molecule is Cc1ccc2c(c1)Cc1nc(Cc3cccc(C4(C(F)(F)F)C=N4)c3)nc(NCCCN3CCCCC3)c1-2. The second kappa shape index (κ2) is 9.80. The average molecular weight is 520 g/mol. The van der Waals surface area contributed by atoms with Crippen LogP contribution in [-0.4, -0.2) is 53.4 Å². The van der Waals surface area contributed by atoms with Gasteiger partial charge in [0.15, 0.2) is 0 Å². The smallest absolute Gasteiger partial charge is 0.369 e. The van der Waals surface area contributed by atoms with Crippen molar-refractivity contribution in [1.82, 2.24) is 14.9 Å². The third kappa shape index (κ3) is 4.82. The van der Waals surface area contributed by atoms with Crippen LogP contribution in [0.15, 0.2) is 47.5 Å². The van der Waals surface area contributed by atoms with Crippen LogP contribution in [-0.2, 0) is 18.4 Å². The van der Waals surface area contributed by atoms with Gasteiger partial charge in [0, 0.05) is 31.2 Å². The highest BCUT2D eigenvalue weighted by Crippen LogP contribution is 2.48. The van der Waals surface area contributed by atoms with Gasteiger partial charge in [-0.1, -0.05) is 54.4 Å². The van der Waals surface area contributed by atoms with Gasteiger partial charge < -0.3 is 10.2 Å². The first-order valence-corrected chi connectivity index (χ1v) is 13.5. The lowest BCUT2D eigenvalue weighted by atomic mass is 9.94. The predicted octanol–water partition coefficient (Wildman–Crippen LogP) is 6.08. The zero-order valence-electron chi connectivity index (χ0n) is 21.6. The van der Waals surface area contributed by atoms with E-state index in [2.05, 4.69) is 40.3 Å². The van der Waals surface area contributed by atoms with E-state index in [1.807, 2.05) is 6.07 Å². The molecule has 1 aromatic heterocycles. The number of hydrogen-bond acceptors (Lipinski definition) is 5. The predicted molar refractivity (Wildman–Crippen MR) is 144 cm³/mol. The van der Waals surface area contributed by atoms with Gasteiger partial charge >= 0.3 is 6.18 Å². The van der Waals surface area contributed by atoms with Gasteiger partial charge in [-0.15, -0.1) is 0 Å². The number of fused-ring (bicyclic) bond motifs is 3. The van der Waals surface area contributed by atoms with E-state index in [1.165, 1.54) is 49.5 Å². The number of aliphatic imine (C=N–C) groups is 1. The molecule has 6 rings (SSSR count). The minimum atomic E-state index is -4.44. The molecule has 0 radical (unpaired) electrons. The van der Waals surface area contributed by atoms with Gasteiger partial charge in [-0.05, 0) is 68.1 Å². The van der Waals surface area contributed by atoms with Crippen LogP contribution in [0, 0.1) is 6.92 Å². The molecular weight excluding hydrogens is 487 g/mol. The summed E-state index contributed by atoms with van der Waals surface area (Å²) in [6.45, 7) is 6.32. The summed E-state index contributed by atoms with van der Waals surface area (Å²) in [5.41, 5.74) is 4.34. The molecule has 2 aromatic carbocycles. The Morgan fingerprint density at radius 1 is 1.03 bits per heavy atom. The molecule has 1 aliphatic carbocycles. The molecule has 0 amide bonds. The molecule has 5 nitrogen and oxygen atoms in total. The van der Waals surface area contributed by atoms with Gasteiger partial charge in [-0.2, -0.15) is 13.2 Å². The van der Waals surface area contributed by atoms with Crippen LogP contribution in [0.3, 0.4) is 0 Å². The van der Waals surface area contributed by atoms with Gasteiger partial charge in [0.1, 0.15) is 11.6 Å². The molecule has 0 spiro atoms. The number of aryl methyl sites for hydroxylation is 1. The van der Waals surface area contributed by atoms with Crippen LogP contribution < -0.4 is 5.32 Å². The van der Waals surface area contributed by atoms with Crippen LogP contribution in [0.5, 0.6) is 0 Å². The van der Waals surface area contributed by atoms with E-state index in [1.54, 1.807) is 12.1 Å². The number of nitrogens with one attached hydrogen (secondary N) is 1. The summed E-state index contributed by atoms with van der Waals surface area (Å²) < 4.78 is 40.8. The lowest BCUT2D eigenvalue weighted by Crippen LogP contribution is -2.32. The largest absolute Gasteiger partial charge is 0.422 e. The fraction of sp³-hybridized carbons (Fsp3) is 0.433. The van der Waals surface area contributed by atoms with Crippen molar-refractivity contribution in [1.29, 1.82) is 0 Å². The zero-order valence-corrected chi connectivity index (χ0v) is 21.6. The molecule has 1 saturated heterocycles. The molecule has 2 aliphatic heterocycles. The standard InChI is InChI=1S/C30H32F3N5/c1-20-9-10-24-22(15-20)18-25-27(24)28(34-11-6-14-38-12-3-2-4-13-38)37-26(36-25)17-21-7-5-8-23(16-21)29(19-35-29)30(31,32)33/h5,7-10,15-16,19H,2-4,6,11-14,17-18H2,1H3,(H,34,36,37). The highest BCUT2D eigenvalue weighted by molar-refractivity contribution is 5.87. The molecule has 0 saturated carbocycles. The van der Waals surface area contributed by atoms with Crippen molar-refractivity contribution in [3.63, 3.8) is 0 Å². The van der Waals surface area contributed by atoms with E-state index in [4.69, 9.17) is 9.97 Å². The Morgan fingerprint density at radius 3 is 2.61 bits per heavy atom. The van der Waals surface area contributed by atoms with E-state index >= 15 is 0 Å². The Hall–Kier alpha value is -3.26. The molecule has 1 N–H and O–H groups in total. The number of aromatic nitrogens is 2. The number of hydrogen-bond donors (Lipinski definition) is 1. The second-order valence-corrected chi connectivity index (χ2v) is 10.7. The highest BCUT2D eigenvalue weighted by atomic mass is 19.4. The molecule has 3 aromatic rings. The fourth-order valence-corrected chi connectivity index (χ4v) is 5.79. The third-order valence-electron chi connectivity index (χ3n) is 7.86. The molecule has 1 fully saturated rings. The molecule has 1 unspecified atom stereocenters. The first kappa shape index (κ1) is 25.0. The van der Waals surface area contributed by atoms with Gasteiger partial charge in [0.2, 0.25) is 5.54 Å². The van der Waals surface area contributed by atoms with Crippen LogP contribution in [0.2, 0.25) is 0 Å². The number of anilines is 1. The second-order valence-electron chi connectivity index (χ2n) is 10.7. The summed E-state index contributed by atoms with van der Waals surface area (Å²) in [5, 5.41) is 3.59. The fourth-order valence-electron chi connectivity index (χ4n) is 5.79. The molecule has 3 aliphatic rings. The van der Waals surface area contributed by atoms with Crippen molar-refractivity contribution in [2.24, 2.45) is 4.99 Å². The summed E-state index contributed by atoms with van der Waals surface area (Å²) in [7, 11) is 0. The number of likely N-dealkylation sites (tertiary alicyclic amines) is 1. The average Bonchev–Trinajstić information content (AvgIpc) is 3.64. The number of nitrogens with zero attached hydrogens (tertiary/aromatic N) is 4. The summed E-state index contributed by atoms with van der Waals surface area (Å²) in [5.74, 6) is 1.43. The topological polar surface area (TPSA) is 53.4 Å². The van der Waals surface area contributed by atoms with E-state index in [9.17, 15) is 13.2 Å². The quantitative estimate of drug-likeness (QED) is 0.287. The first-order valence-electron chi connectivity index (χ1n) is 13.5. The van der Waals surface area contributed by atoms with Crippen molar-refractivity contribution >= 4 is 12.0 Å². The van der Waals surface area contributed by atoms with Crippen molar-refractivity contribution in [2.45, 2.75) is 57.2 Å². The zero-order chi connectivity index (χ0) is 26.3. The Balaban J connectivity index is 1.25. The van der Waals surface area contributed by atoms with Crippen LogP contribution in [0.1, 0.15) is 59.5 Å². The molecule has 0 bridgehead atoms. The molecule has 8 heteroatoms. The third-order valence-corrected chi connectivity index (χ3v) is 7.86. The van der Waals surface area contributed by atoms with Crippen molar-refractivity contribution in [3.8, 4) is 11.1 Å². The summed E-state index contributed by atoms with van der Waals surface area (Å²) >= 11 is 0. The monoisotopic (exact) mass is 519 g/mol. The van der Waals surface area contributed by atoms with Gasteiger partial charge in [0.05, 0.1) is 5.69 Å². The number of benzene rings is 2. The Bertz CT molecular complexity index is 1370.